The van der Waals surface area contributed by atoms with Crippen molar-refractivity contribution in [2.75, 3.05) is 19.6 Å². The molecule has 5 nitrogen and oxygen atoms in total. The number of aromatic amines is 1. The molecule has 0 radical (unpaired) electrons. The van der Waals surface area contributed by atoms with Crippen LogP contribution < -0.4 is 5.32 Å². The van der Waals surface area contributed by atoms with Gasteiger partial charge in [-0.1, -0.05) is 0 Å². The van der Waals surface area contributed by atoms with E-state index < -0.39 is 0 Å². The summed E-state index contributed by atoms with van der Waals surface area (Å²) < 4.78 is 0. The Morgan fingerprint density at radius 1 is 1.71 bits per heavy atom. The molecule has 2 N–H and O–H groups in total. The predicted octanol–water partition coefficient (Wildman–Crippen LogP) is 0.724. The summed E-state index contributed by atoms with van der Waals surface area (Å²) in [6.45, 7) is 6.39. The highest BCUT2D eigenvalue weighted by Crippen LogP contribution is 2.24. The molecule has 0 spiro atoms. The molecule has 0 aliphatic carbocycles. The summed E-state index contributed by atoms with van der Waals surface area (Å²) in [6.07, 6.45) is 2.88. The fraction of sp³-hybridized carbons (Fsp3) is 0.667. The molecule has 1 atom stereocenters. The molecule has 1 aliphatic heterocycles. The van der Waals surface area contributed by atoms with Crippen LogP contribution in [0.4, 0.5) is 0 Å². The molecule has 1 fully saturated rings. The summed E-state index contributed by atoms with van der Waals surface area (Å²) in [5.41, 5.74) is 1.18. The van der Waals surface area contributed by atoms with Gasteiger partial charge in [0.2, 0.25) is 5.91 Å². The van der Waals surface area contributed by atoms with Crippen molar-refractivity contribution in [1.82, 2.24) is 20.4 Å². The summed E-state index contributed by atoms with van der Waals surface area (Å²) in [4.78, 5) is 13.8. The van der Waals surface area contributed by atoms with Crippen molar-refractivity contribution in [3.05, 3.63) is 18.0 Å². The Labute approximate surface area is 102 Å². The van der Waals surface area contributed by atoms with E-state index in [1.54, 1.807) is 6.20 Å². The van der Waals surface area contributed by atoms with E-state index in [1.807, 2.05) is 19.9 Å². The van der Waals surface area contributed by atoms with Gasteiger partial charge in [-0.3, -0.25) is 14.8 Å². The smallest absolute Gasteiger partial charge is 0.234 e. The zero-order valence-corrected chi connectivity index (χ0v) is 10.4. The first kappa shape index (κ1) is 12.1. The quantitative estimate of drug-likeness (QED) is 0.810. The number of carbonyl (C=O) groups excluding carboxylic acids is 1. The Bertz CT molecular complexity index is 361. The zero-order chi connectivity index (χ0) is 12.3. The standard InChI is InChI=1S/C12H20N4O/c1-9(2)14-12(17)8-16-6-4-10(7-16)11-3-5-13-15-11/h3,5,9-10H,4,6-8H2,1-2H3,(H,13,15)(H,14,17). The second-order valence-electron chi connectivity index (χ2n) is 4.95. The Kier molecular flexibility index (Phi) is 3.78. The summed E-state index contributed by atoms with van der Waals surface area (Å²) in [7, 11) is 0. The van der Waals surface area contributed by atoms with Crippen molar-refractivity contribution < 1.29 is 4.79 Å². The molecule has 0 saturated carbocycles. The van der Waals surface area contributed by atoms with Crippen molar-refractivity contribution in [3.63, 3.8) is 0 Å². The summed E-state index contributed by atoms with van der Waals surface area (Å²) >= 11 is 0. The number of aromatic nitrogens is 2. The number of nitrogens with zero attached hydrogens (tertiary/aromatic N) is 2. The van der Waals surface area contributed by atoms with Crippen LogP contribution in [0.2, 0.25) is 0 Å². The summed E-state index contributed by atoms with van der Waals surface area (Å²) in [5, 5.41) is 9.90. The second-order valence-corrected chi connectivity index (χ2v) is 4.95. The molecule has 1 aromatic heterocycles. The summed E-state index contributed by atoms with van der Waals surface area (Å²) in [6, 6.07) is 2.23. The molecule has 17 heavy (non-hydrogen) atoms. The van der Waals surface area contributed by atoms with Gasteiger partial charge in [-0.2, -0.15) is 5.10 Å². The van der Waals surface area contributed by atoms with Crippen LogP contribution in [0.3, 0.4) is 0 Å². The maximum Gasteiger partial charge on any atom is 0.234 e. The largest absolute Gasteiger partial charge is 0.353 e. The van der Waals surface area contributed by atoms with Crippen molar-refractivity contribution in [1.29, 1.82) is 0 Å². The number of amides is 1. The molecule has 2 rings (SSSR count). The molecule has 5 heteroatoms. The lowest BCUT2D eigenvalue weighted by Crippen LogP contribution is -2.39. The molecule has 0 aromatic carbocycles. The Balaban J connectivity index is 1.80. The predicted molar refractivity (Wildman–Crippen MR) is 65.7 cm³/mol. The first-order chi connectivity index (χ1) is 8.15. The molecule has 1 aromatic rings. The zero-order valence-electron chi connectivity index (χ0n) is 10.4. The second kappa shape index (κ2) is 5.31. The van der Waals surface area contributed by atoms with Gasteiger partial charge in [-0.05, 0) is 32.9 Å². The molecular formula is C12H20N4O. The number of likely N-dealkylation sites (tertiary alicyclic amines) is 1. The maximum absolute atomic E-state index is 11.6. The van der Waals surface area contributed by atoms with Gasteiger partial charge < -0.3 is 5.32 Å². The van der Waals surface area contributed by atoms with E-state index in [1.165, 1.54) is 5.69 Å². The van der Waals surface area contributed by atoms with E-state index in [4.69, 9.17) is 0 Å². The van der Waals surface area contributed by atoms with Crippen molar-refractivity contribution in [3.8, 4) is 0 Å². The van der Waals surface area contributed by atoms with Gasteiger partial charge in [-0.15, -0.1) is 0 Å². The number of hydrogen-bond donors (Lipinski definition) is 2. The highest BCUT2D eigenvalue weighted by Gasteiger charge is 2.25. The number of nitrogens with one attached hydrogen (secondary N) is 2. The Morgan fingerprint density at radius 2 is 2.53 bits per heavy atom. The minimum Gasteiger partial charge on any atom is -0.353 e. The van der Waals surface area contributed by atoms with Crippen molar-refractivity contribution in [2.45, 2.75) is 32.2 Å². The van der Waals surface area contributed by atoms with Gasteiger partial charge in [0, 0.05) is 30.4 Å². The van der Waals surface area contributed by atoms with Crippen LogP contribution in [0.1, 0.15) is 31.9 Å². The van der Waals surface area contributed by atoms with E-state index in [0.29, 0.717) is 12.5 Å². The normalized spacial score (nSPS) is 21.0. The van der Waals surface area contributed by atoms with Crippen LogP contribution in [0, 0.1) is 0 Å². The first-order valence-corrected chi connectivity index (χ1v) is 6.16. The maximum atomic E-state index is 11.6. The molecule has 94 valence electrons. The topological polar surface area (TPSA) is 61.0 Å². The third-order valence-electron chi connectivity index (χ3n) is 3.05. The molecule has 1 unspecified atom stereocenters. The van der Waals surface area contributed by atoms with Gasteiger partial charge in [0.1, 0.15) is 0 Å². The lowest BCUT2D eigenvalue weighted by atomic mass is 10.1. The Hall–Kier alpha value is -1.36. The first-order valence-electron chi connectivity index (χ1n) is 6.16. The van der Waals surface area contributed by atoms with Crippen LogP contribution in [0.15, 0.2) is 12.3 Å². The molecule has 0 bridgehead atoms. The number of carbonyl (C=O) groups is 1. The SMILES string of the molecule is CC(C)NC(=O)CN1CCC(c2ccn[nH]2)C1. The van der Waals surface area contributed by atoms with Crippen LogP contribution in [-0.2, 0) is 4.79 Å². The van der Waals surface area contributed by atoms with E-state index in [0.717, 1.165) is 19.5 Å². The van der Waals surface area contributed by atoms with Gasteiger partial charge in [0.25, 0.3) is 0 Å². The lowest BCUT2D eigenvalue weighted by Gasteiger charge is -2.16. The molecular weight excluding hydrogens is 216 g/mol. The van der Waals surface area contributed by atoms with E-state index in [9.17, 15) is 4.79 Å². The average Bonchev–Trinajstić information content (AvgIpc) is 2.84. The highest BCUT2D eigenvalue weighted by molar-refractivity contribution is 5.78. The highest BCUT2D eigenvalue weighted by atomic mass is 16.2. The molecule has 1 aliphatic rings. The molecule has 1 saturated heterocycles. The number of H-pyrrole nitrogens is 1. The Morgan fingerprint density at radius 3 is 3.18 bits per heavy atom. The average molecular weight is 236 g/mol. The monoisotopic (exact) mass is 236 g/mol. The van der Waals surface area contributed by atoms with E-state index >= 15 is 0 Å². The number of rotatable bonds is 4. The third kappa shape index (κ3) is 3.30. The summed E-state index contributed by atoms with van der Waals surface area (Å²) in [5.74, 6) is 0.606. The minimum atomic E-state index is 0.116. The number of hydrogen-bond acceptors (Lipinski definition) is 3. The van der Waals surface area contributed by atoms with Crippen LogP contribution in [0.5, 0.6) is 0 Å². The van der Waals surface area contributed by atoms with Crippen molar-refractivity contribution in [2.24, 2.45) is 0 Å². The minimum absolute atomic E-state index is 0.116. The van der Waals surface area contributed by atoms with E-state index in [2.05, 4.69) is 20.4 Å². The van der Waals surface area contributed by atoms with Crippen molar-refractivity contribution >= 4 is 5.91 Å². The fourth-order valence-corrected chi connectivity index (χ4v) is 2.29. The van der Waals surface area contributed by atoms with Gasteiger partial charge in [0.15, 0.2) is 0 Å². The van der Waals surface area contributed by atoms with Crippen LogP contribution >= 0.6 is 0 Å². The van der Waals surface area contributed by atoms with Crippen LogP contribution in [0.25, 0.3) is 0 Å². The fourth-order valence-electron chi connectivity index (χ4n) is 2.29. The third-order valence-corrected chi connectivity index (χ3v) is 3.05. The molecule has 2 heterocycles. The van der Waals surface area contributed by atoms with Crippen LogP contribution in [-0.4, -0.2) is 46.7 Å². The van der Waals surface area contributed by atoms with E-state index in [-0.39, 0.29) is 11.9 Å². The lowest BCUT2D eigenvalue weighted by molar-refractivity contribution is -0.122. The van der Waals surface area contributed by atoms with Gasteiger partial charge >= 0.3 is 0 Å². The molecule has 1 amide bonds. The van der Waals surface area contributed by atoms with Gasteiger partial charge in [0.05, 0.1) is 6.54 Å². The van der Waals surface area contributed by atoms with Gasteiger partial charge in [-0.25, -0.2) is 0 Å².